The van der Waals surface area contributed by atoms with E-state index in [0.717, 1.165) is 25.3 Å². The van der Waals surface area contributed by atoms with Gasteiger partial charge in [0.2, 0.25) is 5.62 Å². The Morgan fingerprint density at radius 3 is 2.69 bits per heavy atom. The van der Waals surface area contributed by atoms with Crippen LogP contribution >= 0.6 is 17.0 Å². The Morgan fingerprint density at radius 1 is 1.38 bits per heavy atom. The summed E-state index contributed by atoms with van der Waals surface area (Å²) in [4.78, 5) is 4.12. The molecular formula is C10H23N2OPS2. The minimum Gasteiger partial charge on any atom is -0.326 e. The molecule has 0 aromatic carbocycles. The maximum absolute atomic E-state index is 5.76. The van der Waals surface area contributed by atoms with Gasteiger partial charge in [0.25, 0.3) is 0 Å². The summed E-state index contributed by atoms with van der Waals surface area (Å²) >= 11 is 7.28. The van der Waals surface area contributed by atoms with Crippen molar-refractivity contribution >= 4 is 35.1 Å². The summed E-state index contributed by atoms with van der Waals surface area (Å²) in [5, 5.41) is 3.17. The number of unbranched alkanes of at least 4 members (excludes halogenated alkanes) is 1. The van der Waals surface area contributed by atoms with E-state index in [4.69, 9.17) is 16.3 Å². The fraction of sp³-hybridized carbons (Fsp3) is 0.900. The van der Waals surface area contributed by atoms with Crippen LogP contribution in [0.5, 0.6) is 0 Å². The lowest BCUT2D eigenvalue weighted by Gasteiger charge is -2.20. The van der Waals surface area contributed by atoms with Gasteiger partial charge in [-0.2, -0.15) is 0 Å². The van der Waals surface area contributed by atoms with Crippen LogP contribution in [0.3, 0.4) is 0 Å². The molecule has 96 valence electrons. The Kier molecular flexibility index (Phi) is 10.9. The fourth-order valence-corrected chi connectivity index (χ4v) is 5.34. The number of nitrogens with zero attached hydrogens (tertiary/aromatic N) is 1. The zero-order valence-corrected chi connectivity index (χ0v) is 13.0. The number of hydrogen-bond acceptors (Lipinski definition) is 4. The normalized spacial score (nSPS) is 15.2. The predicted molar refractivity (Wildman–Crippen MR) is 80.1 cm³/mol. The van der Waals surface area contributed by atoms with E-state index in [2.05, 4.69) is 23.9 Å². The largest absolute Gasteiger partial charge is 0.326 e. The Hall–Kier alpha value is 0.430. The summed E-state index contributed by atoms with van der Waals surface area (Å²) in [5.74, 6) is 1.06. The van der Waals surface area contributed by atoms with Crippen molar-refractivity contribution in [2.75, 3.05) is 18.9 Å². The molecule has 0 aliphatic carbocycles. The van der Waals surface area contributed by atoms with E-state index in [9.17, 15) is 0 Å². The molecule has 0 aromatic rings. The number of hydrogen-bond donors (Lipinski definition) is 1. The van der Waals surface area contributed by atoms with Gasteiger partial charge in [0.1, 0.15) is 0 Å². The molecule has 1 atom stereocenters. The summed E-state index contributed by atoms with van der Waals surface area (Å²) in [6.45, 7) is 7.78. The molecule has 0 aliphatic rings. The highest BCUT2D eigenvalue weighted by Crippen LogP contribution is 2.56. The van der Waals surface area contributed by atoms with E-state index >= 15 is 0 Å². The Bertz CT molecular complexity index is 237. The fourth-order valence-electron chi connectivity index (χ4n) is 0.855. The van der Waals surface area contributed by atoms with Crippen LogP contribution in [-0.2, 0) is 16.3 Å². The third kappa shape index (κ3) is 8.57. The molecular weight excluding hydrogens is 259 g/mol. The SMILES string of the molecule is CCCCSP(=S)(NC=NCC)OCCC. The molecule has 0 fully saturated rings. The molecule has 0 bridgehead atoms. The van der Waals surface area contributed by atoms with E-state index in [1.807, 2.05) is 6.92 Å². The molecule has 0 aromatic heterocycles. The van der Waals surface area contributed by atoms with Gasteiger partial charge in [-0.1, -0.05) is 31.7 Å². The van der Waals surface area contributed by atoms with Crippen molar-refractivity contribution in [2.24, 2.45) is 4.99 Å². The highest BCUT2D eigenvalue weighted by molar-refractivity contribution is 8.68. The maximum Gasteiger partial charge on any atom is 0.211 e. The molecule has 1 N–H and O–H groups in total. The maximum atomic E-state index is 5.76. The van der Waals surface area contributed by atoms with Gasteiger partial charge < -0.3 is 9.61 Å². The molecule has 0 saturated heterocycles. The quantitative estimate of drug-likeness (QED) is 0.286. The van der Waals surface area contributed by atoms with E-state index in [-0.39, 0.29) is 0 Å². The van der Waals surface area contributed by atoms with Crippen molar-refractivity contribution in [1.82, 2.24) is 5.09 Å². The van der Waals surface area contributed by atoms with E-state index in [1.165, 1.54) is 12.8 Å². The van der Waals surface area contributed by atoms with Crippen LogP contribution in [0.25, 0.3) is 0 Å². The first kappa shape index (κ1) is 16.4. The molecule has 0 spiro atoms. The van der Waals surface area contributed by atoms with Crippen LogP contribution in [0.2, 0.25) is 0 Å². The monoisotopic (exact) mass is 282 g/mol. The van der Waals surface area contributed by atoms with Crippen molar-refractivity contribution in [1.29, 1.82) is 0 Å². The van der Waals surface area contributed by atoms with Gasteiger partial charge >= 0.3 is 0 Å². The number of rotatable bonds is 10. The van der Waals surface area contributed by atoms with Gasteiger partial charge in [-0.05, 0) is 31.6 Å². The van der Waals surface area contributed by atoms with Crippen molar-refractivity contribution in [3.8, 4) is 0 Å². The lowest BCUT2D eigenvalue weighted by Crippen LogP contribution is -2.09. The van der Waals surface area contributed by atoms with Gasteiger partial charge in [-0.15, -0.1) is 0 Å². The van der Waals surface area contributed by atoms with Crippen LogP contribution < -0.4 is 5.09 Å². The van der Waals surface area contributed by atoms with Crippen molar-refractivity contribution in [2.45, 2.75) is 40.0 Å². The molecule has 0 amide bonds. The predicted octanol–water partition coefficient (Wildman–Crippen LogP) is 3.81. The molecule has 0 radical (unpaired) electrons. The van der Waals surface area contributed by atoms with E-state index in [0.29, 0.717) is 0 Å². The Morgan fingerprint density at radius 2 is 2.12 bits per heavy atom. The molecule has 16 heavy (non-hydrogen) atoms. The Balaban J connectivity index is 4.13. The second kappa shape index (κ2) is 10.6. The standard InChI is InChI=1S/C10H23N2OPS2/c1-4-7-9-16-14(15,13-8-5-2)12-10-11-6-3/h10H,4-9H2,1-3H3,(H,11,12,15). The van der Waals surface area contributed by atoms with Crippen LogP contribution in [0.1, 0.15) is 40.0 Å². The lowest BCUT2D eigenvalue weighted by molar-refractivity contribution is 0.356. The minimum atomic E-state index is -1.94. The van der Waals surface area contributed by atoms with Crippen molar-refractivity contribution in [3.63, 3.8) is 0 Å². The van der Waals surface area contributed by atoms with Crippen molar-refractivity contribution in [3.05, 3.63) is 0 Å². The highest BCUT2D eigenvalue weighted by atomic mass is 32.9. The summed E-state index contributed by atoms with van der Waals surface area (Å²) in [7, 11) is 0. The first-order chi connectivity index (χ1) is 7.68. The summed E-state index contributed by atoms with van der Waals surface area (Å²) < 4.78 is 5.76. The zero-order chi connectivity index (χ0) is 12.3. The van der Waals surface area contributed by atoms with Crippen LogP contribution in [0.4, 0.5) is 0 Å². The molecule has 0 aliphatic heterocycles. The van der Waals surface area contributed by atoms with Gasteiger partial charge in [0.15, 0.2) is 0 Å². The Labute approximate surface area is 109 Å². The molecule has 1 unspecified atom stereocenters. The molecule has 6 heteroatoms. The third-order valence-electron chi connectivity index (χ3n) is 1.71. The third-order valence-corrected chi connectivity index (χ3v) is 7.26. The van der Waals surface area contributed by atoms with Crippen LogP contribution in [-0.4, -0.2) is 25.2 Å². The molecule has 3 nitrogen and oxygen atoms in total. The van der Waals surface area contributed by atoms with Crippen molar-refractivity contribution < 1.29 is 4.52 Å². The number of nitrogens with one attached hydrogen (secondary N) is 1. The van der Waals surface area contributed by atoms with Gasteiger partial charge in [0.05, 0.1) is 12.9 Å². The van der Waals surface area contributed by atoms with Gasteiger partial charge in [-0.3, -0.25) is 4.99 Å². The van der Waals surface area contributed by atoms with E-state index in [1.54, 1.807) is 17.7 Å². The van der Waals surface area contributed by atoms with Gasteiger partial charge in [0, 0.05) is 12.3 Å². The first-order valence-corrected chi connectivity index (χ1v) is 10.1. The van der Waals surface area contributed by atoms with E-state index < -0.39 is 5.62 Å². The molecule has 0 heterocycles. The topological polar surface area (TPSA) is 33.6 Å². The first-order valence-electron chi connectivity index (χ1n) is 5.83. The summed E-state index contributed by atoms with van der Waals surface area (Å²) in [6.07, 6.45) is 5.08. The van der Waals surface area contributed by atoms with Crippen LogP contribution in [0.15, 0.2) is 4.99 Å². The lowest BCUT2D eigenvalue weighted by atomic mass is 10.4. The van der Waals surface area contributed by atoms with Gasteiger partial charge in [-0.25, -0.2) is 0 Å². The second-order valence-corrected chi connectivity index (χ2v) is 10.0. The van der Waals surface area contributed by atoms with Crippen LogP contribution in [0, 0.1) is 0 Å². The minimum absolute atomic E-state index is 0.726. The smallest absolute Gasteiger partial charge is 0.211 e. The average Bonchev–Trinajstić information content (AvgIpc) is 2.27. The second-order valence-electron chi connectivity index (χ2n) is 3.27. The summed E-state index contributed by atoms with van der Waals surface area (Å²) in [5.41, 5.74) is -1.94. The zero-order valence-electron chi connectivity index (χ0n) is 10.4. The summed E-state index contributed by atoms with van der Waals surface area (Å²) in [6, 6.07) is 0. The average molecular weight is 282 g/mol. The molecule has 0 rings (SSSR count). The molecule has 0 saturated carbocycles. The highest BCUT2D eigenvalue weighted by Gasteiger charge is 2.16. The number of aliphatic imine (C=N–C) groups is 1.